The number of hydrogen-bond donors (Lipinski definition) is 1. The summed E-state index contributed by atoms with van der Waals surface area (Å²) in [6, 6.07) is 6.47. The fourth-order valence-corrected chi connectivity index (χ4v) is 4.41. The molecule has 1 amide bonds. The van der Waals surface area contributed by atoms with Crippen molar-refractivity contribution in [3.05, 3.63) is 46.1 Å². The lowest BCUT2D eigenvalue weighted by Gasteiger charge is -2.35. The lowest BCUT2D eigenvalue weighted by atomic mass is 10.1. The molecule has 8 heteroatoms. The van der Waals surface area contributed by atoms with Crippen molar-refractivity contribution >= 4 is 33.9 Å². The van der Waals surface area contributed by atoms with Crippen molar-refractivity contribution in [2.45, 2.75) is 20.8 Å². The van der Waals surface area contributed by atoms with E-state index < -0.39 is 5.97 Å². The number of hydrogen-bond acceptors (Lipinski definition) is 6. The quantitative estimate of drug-likeness (QED) is 0.727. The third kappa shape index (κ3) is 5.13. The van der Waals surface area contributed by atoms with E-state index in [9.17, 15) is 14.0 Å². The number of esters is 1. The molecule has 2 heterocycles. The normalized spacial score (nSPS) is 14.7. The van der Waals surface area contributed by atoms with Gasteiger partial charge in [-0.2, -0.15) is 0 Å². The van der Waals surface area contributed by atoms with Crippen molar-refractivity contribution in [3.8, 4) is 0 Å². The van der Waals surface area contributed by atoms with Crippen LogP contribution in [0.3, 0.4) is 0 Å². The fraction of sp³-hybridized carbons (Fsp3) is 0.429. The van der Waals surface area contributed by atoms with Crippen molar-refractivity contribution in [1.29, 1.82) is 0 Å². The van der Waals surface area contributed by atoms with Crippen LogP contribution in [0.5, 0.6) is 0 Å². The number of benzene rings is 1. The van der Waals surface area contributed by atoms with Crippen molar-refractivity contribution in [2.24, 2.45) is 0 Å². The van der Waals surface area contributed by atoms with Gasteiger partial charge in [0.15, 0.2) is 0 Å². The first-order valence-corrected chi connectivity index (χ1v) is 10.5. The molecular weight excluding hydrogens is 393 g/mol. The highest BCUT2D eigenvalue weighted by molar-refractivity contribution is 7.16. The molecule has 0 bridgehead atoms. The van der Waals surface area contributed by atoms with Crippen LogP contribution in [-0.2, 0) is 9.53 Å². The van der Waals surface area contributed by atoms with Crippen LogP contribution in [0.1, 0.15) is 27.7 Å². The minimum absolute atomic E-state index is 0.146. The third-order valence-corrected chi connectivity index (χ3v) is 6.17. The minimum Gasteiger partial charge on any atom is -0.462 e. The summed E-state index contributed by atoms with van der Waals surface area (Å²) >= 11 is 1.39. The van der Waals surface area contributed by atoms with Gasteiger partial charge < -0.3 is 15.0 Å². The van der Waals surface area contributed by atoms with E-state index in [1.807, 2.05) is 13.8 Å². The molecule has 0 atom stereocenters. The molecule has 0 saturated carbocycles. The van der Waals surface area contributed by atoms with Crippen molar-refractivity contribution < 1.29 is 18.7 Å². The van der Waals surface area contributed by atoms with E-state index in [1.165, 1.54) is 23.5 Å². The smallest absolute Gasteiger partial charge is 0.341 e. The van der Waals surface area contributed by atoms with Crippen molar-refractivity contribution in [1.82, 2.24) is 4.90 Å². The molecular formula is C21H26FN3O3S. The molecule has 0 spiro atoms. The van der Waals surface area contributed by atoms with Crippen LogP contribution in [0, 0.1) is 19.7 Å². The van der Waals surface area contributed by atoms with Gasteiger partial charge in [-0.3, -0.25) is 9.69 Å². The number of piperazine rings is 1. The van der Waals surface area contributed by atoms with Gasteiger partial charge in [0.05, 0.1) is 18.7 Å². The van der Waals surface area contributed by atoms with Crippen LogP contribution in [-0.4, -0.2) is 56.1 Å². The van der Waals surface area contributed by atoms with E-state index in [2.05, 4.69) is 15.1 Å². The van der Waals surface area contributed by atoms with Gasteiger partial charge in [0.2, 0.25) is 5.91 Å². The highest BCUT2D eigenvalue weighted by Crippen LogP contribution is 2.33. The maximum absolute atomic E-state index is 13.1. The van der Waals surface area contributed by atoms with Gasteiger partial charge in [-0.15, -0.1) is 11.3 Å². The Morgan fingerprint density at radius 1 is 1.14 bits per heavy atom. The molecule has 1 saturated heterocycles. The Morgan fingerprint density at radius 3 is 2.41 bits per heavy atom. The van der Waals surface area contributed by atoms with Crippen molar-refractivity contribution in [3.63, 3.8) is 0 Å². The Bertz CT molecular complexity index is 874. The zero-order chi connectivity index (χ0) is 21.0. The second-order valence-electron chi connectivity index (χ2n) is 7.00. The van der Waals surface area contributed by atoms with Crippen LogP contribution in [0.4, 0.5) is 15.1 Å². The van der Waals surface area contributed by atoms with Gasteiger partial charge in [-0.25, -0.2) is 9.18 Å². The van der Waals surface area contributed by atoms with Gasteiger partial charge in [-0.05, 0) is 50.6 Å². The first-order valence-electron chi connectivity index (χ1n) is 9.69. The topological polar surface area (TPSA) is 61.9 Å². The number of aryl methyl sites for hydroxylation is 1. The Hall–Kier alpha value is -2.45. The van der Waals surface area contributed by atoms with E-state index in [-0.39, 0.29) is 18.3 Å². The highest BCUT2D eigenvalue weighted by atomic mass is 32.1. The van der Waals surface area contributed by atoms with Crippen molar-refractivity contribution in [2.75, 3.05) is 49.5 Å². The molecule has 6 nitrogen and oxygen atoms in total. The average molecular weight is 420 g/mol. The Labute approximate surface area is 174 Å². The van der Waals surface area contributed by atoms with E-state index in [1.54, 1.807) is 19.1 Å². The molecule has 1 N–H and O–H groups in total. The summed E-state index contributed by atoms with van der Waals surface area (Å²) in [5.41, 5.74) is 2.28. The maximum Gasteiger partial charge on any atom is 0.341 e. The van der Waals surface area contributed by atoms with Gasteiger partial charge in [0.25, 0.3) is 0 Å². The van der Waals surface area contributed by atoms with E-state index in [4.69, 9.17) is 4.74 Å². The molecule has 0 aliphatic carbocycles. The largest absolute Gasteiger partial charge is 0.462 e. The molecule has 1 aromatic heterocycles. The van der Waals surface area contributed by atoms with Gasteiger partial charge >= 0.3 is 5.97 Å². The number of carbonyl (C=O) groups excluding carboxylic acids is 2. The summed E-state index contributed by atoms with van der Waals surface area (Å²) in [5, 5.41) is 3.44. The molecule has 156 valence electrons. The first-order chi connectivity index (χ1) is 13.9. The number of nitrogens with one attached hydrogen (secondary N) is 1. The zero-order valence-corrected chi connectivity index (χ0v) is 17.8. The summed E-state index contributed by atoms with van der Waals surface area (Å²) in [4.78, 5) is 30.1. The SMILES string of the molecule is CCOC(=O)c1c(NC(=O)CN2CCN(c3ccc(F)cc3)CC2)sc(C)c1C. The van der Waals surface area contributed by atoms with Gasteiger partial charge in [0.1, 0.15) is 10.8 Å². The Kier molecular flexibility index (Phi) is 6.87. The molecule has 1 aliphatic rings. The van der Waals surface area contributed by atoms with Crippen LogP contribution in [0.25, 0.3) is 0 Å². The molecule has 1 fully saturated rings. The summed E-state index contributed by atoms with van der Waals surface area (Å²) in [5.74, 6) is -0.796. The number of thiophene rings is 1. The summed E-state index contributed by atoms with van der Waals surface area (Å²) < 4.78 is 18.2. The molecule has 29 heavy (non-hydrogen) atoms. The lowest BCUT2D eigenvalue weighted by molar-refractivity contribution is -0.117. The monoisotopic (exact) mass is 419 g/mol. The fourth-order valence-electron chi connectivity index (χ4n) is 3.35. The van der Waals surface area contributed by atoms with Gasteiger partial charge in [0, 0.05) is 36.7 Å². The molecule has 1 aromatic carbocycles. The number of nitrogens with zero attached hydrogens (tertiary/aromatic N) is 2. The zero-order valence-electron chi connectivity index (χ0n) is 17.0. The van der Waals surface area contributed by atoms with E-state index in [0.717, 1.165) is 42.3 Å². The number of anilines is 2. The van der Waals surface area contributed by atoms with Gasteiger partial charge in [-0.1, -0.05) is 0 Å². The molecule has 0 radical (unpaired) electrons. The molecule has 0 unspecified atom stereocenters. The number of halogens is 1. The van der Waals surface area contributed by atoms with E-state index in [0.29, 0.717) is 17.2 Å². The molecule has 3 rings (SSSR count). The number of rotatable bonds is 6. The first kappa shape index (κ1) is 21.3. The Balaban J connectivity index is 1.56. The number of carbonyl (C=O) groups is 2. The van der Waals surface area contributed by atoms with Crippen LogP contribution in [0.15, 0.2) is 24.3 Å². The molecule has 1 aliphatic heterocycles. The second kappa shape index (κ2) is 9.37. The molecule has 2 aromatic rings. The predicted octanol–water partition coefficient (Wildman–Crippen LogP) is 3.44. The third-order valence-electron chi connectivity index (χ3n) is 5.05. The summed E-state index contributed by atoms with van der Waals surface area (Å²) in [6.07, 6.45) is 0. The van der Waals surface area contributed by atoms with Crippen LogP contribution >= 0.6 is 11.3 Å². The maximum atomic E-state index is 13.1. The summed E-state index contributed by atoms with van der Waals surface area (Å²) in [7, 11) is 0. The van der Waals surface area contributed by atoms with Crippen LogP contribution in [0.2, 0.25) is 0 Å². The second-order valence-corrected chi connectivity index (χ2v) is 8.22. The summed E-state index contributed by atoms with van der Waals surface area (Å²) in [6.45, 7) is 9.10. The lowest BCUT2D eigenvalue weighted by Crippen LogP contribution is -2.48. The Morgan fingerprint density at radius 2 is 1.79 bits per heavy atom. The average Bonchev–Trinajstić information content (AvgIpc) is 2.96. The standard InChI is InChI=1S/C21H26FN3O3S/c1-4-28-21(27)19-14(2)15(3)29-20(19)23-18(26)13-24-9-11-25(12-10-24)17-7-5-16(22)6-8-17/h5-8H,4,9-13H2,1-3H3,(H,23,26). The number of amides is 1. The van der Waals surface area contributed by atoms with E-state index >= 15 is 0 Å². The minimum atomic E-state index is -0.405. The predicted molar refractivity (Wildman–Crippen MR) is 113 cm³/mol. The number of ether oxygens (including phenoxy) is 1. The highest BCUT2D eigenvalue weighted by Gasteiger charge is 2.24. The van der Waals surface area contributed by atoms with Crippen LogP contribution < -0.4 is 10.2 Å².